The molecule has 1 aliphatic carbocycles. The predicted molar refractivity (Wildman–Crippen MR) is 115 cm³/mol. The predicted octanol–water partition coefficient (Wildman–Crippen LogP) is 5.75. The molecule has 1 saturated carbocycles. The summed E-state index contributed by atoms with van der Waals surface area (Å²) < 4.78 is 7.57. The molecule has 1 atom stereocenters. The lowest BCUT2D eigenvalue weighted by Crippen LogP contribution is -2.47. The van der Waals surface area contributed by atoms with Crippen molar-refractivity contribution in [1.29, 1.82) is 0 Å². The van der Waals surface area contributed by atoms with Crippen LogP contribution >= 0.6 is 27.3 Å². The molecule has 2 aliphatic rings. The van der Waals surface area contributed by atoms with Crippen molar-refractivity contribution in [2.24, 2.45) is 0 Å². The first-order chi connectivity index (χ1) is 13.1. The van der Waals surface area contributed by atoms with Gasteiger partial charge in [-0.15, -0.1) is 11.3 Å². The van der Waals surface area contributed by atoms with Crippen molar-refractivity contribution >= 4 is 27.3 Å². The molecular formula is C22H29BrN2OS. The molecule has 2 fully saturated rings. The van der Waals surface area contributed by atoms with Gasteiger partial charge in [0.05, 0.1) is 5.60 Å². The number of aromatic nitrogens is 1. The first kappa shape index (κ1) is 19.6. The van der Waals surface area contributed by atoms with Gasteiger partial charge in [-0.1, -0.05) is 18.9 Å². The average Bonchev–Trinajstić information content (AvgIpc) is 3.27. The number of hydrogen-bond donors (Lipinski definition) is 1. The quantitative estimate of drug-likeness (QED) is 0.570. The fourth-order valence-corrected chi connectivity index (χ4v) is 6.48. The molecule has 1 aliphatic heterocycles. The van der Waals surface area contributed by atoms with Crippen molar-refractivity contribution in [3.63, 3.8) is 0 Å². The van der Waals surface area contributed by atoms with E-state index in [2.05, 4.69) is 45.7 Å². The highest BCUT2D eigenvalue weighted by molar-refractivity contribution is 9.10. The van der Waals surface area contributed by atoms with E-state index in [-0.39, 0.29) is 11.0 Å². The van der Waals surface area contributed by atoms with Crippen molar-refractivity contribution < 1.29 is 4.74 Å². The Labute approximate surface area is 175 Å². The summed E-state index contributed by atoms with van der Waals surface area (Å²) in [4.78, 5) is 6.22. The van der Waals surface area contributed by atoms with Gasteiger partial charge in [0.1, 0.15) is 0 Å². The second-order valence-electron chi connectivity index (χ2n) is 8.22. The van der Waals surface area contributed by atoms with Gasteiger partial charge < -0.3 is 10.1 Å². The maximum atomic E-state index is 6.35. The Kier molecular flexibility index (Phi) is 6.03. The fourth-order valence-electron chi connectivity index (χ4n) is 4.93. The number of hydrogen-bond acceptors (Lipinski definition) is 4. The Morgan fingerprint density at radius 2 is 2.11 bits per heavy atom. The van der Waals surface area contributed by atoms with Gasteiger partial charge in [-0.2, -0.15) is 0 Å². The van der Waals surface area contributed by atoms with E-state index in [9.17, 15) is 0 Å². The molecule has 0 radical (unpaired) electrons. The maximum absolute atomic E-state index is 6.35. The Hall–Kier alpha value is -0.750. The second-order valence-corrected chi connectivity index (χ2v) is 10.0. The van der Waals surface area contributed by atoms with Gasteiger partial charge in [-0.3, -0.25) is 4.98 Å². The van der Waals surface area contributed by atoms with Crippen molar-refractivity contribution in [3.8, 4) is 0 Å². The molecule has 0 bridgehead atoms. The van der Waals surface area contributed by atoms with Crippen LogP contribution in [0.3, 0.4) is 0 Å². The van der Waals surface area contributed by atoms with Gasteiger partial charge in [0.2, 0.25) is 0 Å². The second kappa shape index (κ2) is 8.32. The zero-order valence-electron chi connectivity index (χ0n) is 16.1. The van der Waals surface area contributed by atoms with E-state index < -0.39 is 0 Å². The molecule has 3 heterocycles. The van der Waals surface area contributed by atoms with E-state index in [1.54, 1.807) is 0 Å². The van der Waals surface area contributed by atoms with Crippen LogP contribution in [0, 0.1) is 6.92 Å². The van der Waals surface area contributed by atoms with E-state index in [0.717, 1.165) is 39.0 Å². The molecule has 4 rings (SSSR count). The summed E-state index contributed by atoms with van der Waals surface area (Å²) in [6.45, 7) is 5.02. The normalized spacial score (nSPS) is 24.5. The summed E-state index contributed by atoms with van der Waals surface area (Å²) in [7, 11) is 0. The van der Waals surface area contributed by atoms with Gasteiger partial charge in [-0.05, 0) is 79.2 Å². The molecule has 2 aromatic rings. The fraction of sp³-hybridized carbons (Fsp3) is 0.591. The lowest BCUT2D eigenvalue weighted by molar-refractivity contribution is -0.104. The lowest BCUT2D eigenvalue weighted by Gasteiger charge is -2.46. The molecular weight excluding hydrogens is 420 g/mol. The zero-order chi connectivity index (χ0) is 18.7. The maximum Gasteiger partial charge on any atom is 0.0691 e. The van der Waals surface area contributed by atoms with Crippen molar-refractivity contribution in [2.45, 2.75) is 69.4 Å². The molecule has 27 heavy (non-hydrogen) atoms. The van der Waals surface area contributed by atoms with E-state index in [0.29, 0.717) is 0 Å². The average molecular weight is 449 g/mol. The lowest BCUT2D eigenvalue weighted by atomic mass is 9.68. The van der Waals surface area contributed by atoms with Crippen molar-refractivity contribution in [3.05, 3.63) is 50.4 Å². The number of rotatable bonds is 6. The Bertz CT molecular complexity index is 757. The Balaban J connectivity index is 1.46. The SMILES string of the molecule is Cc1c(Br)csc1CNCC[C@@]1(c2ccccn2)CCOC2(CCCC2)C1. The highest BCUT2D eigenvalue weighted by Gasteiger charge is 2.48. The van der Waals surface area contributed by atoms with Crippen molar-refractivity contribution in [2.75, 3.05) is 13.2 Å². The summed E-state index contributed by atoms with van der Waals surface area (Å²) in [5, 5.41) is 5.88. The standard InChI is InChI=1S/C22H29BrN2OS/c1-17-18(23)15-27-19(17)14-24-12-9-21(20-6-2-5-11-25-20)10-13-26-22(16-21)7-3-4-8-22/h2,5-6,11,15,24H,3-4,7-10,12-14,16H2,1H3/t21-/m1/s1. The molecule has 1 spiro atoms. The van der Waals surface area contributed by atoms with Crippen molar-refractivity contribution in [1.82, 2.24) is 10.3 Å². The monoisotopic (exact) mass is 448 g/mol. The molecule has 3 nitrogen and oxygen atoms in total. The van der Waals surface area contributed by atoms with Crippen LogP contribution in [0.1, 0.15) is 61.1 Å². The van der Waals surface area contributed by atoms with E-state index in [1.165, 1.54) is 46.3 Å². The van der Waals surface area contributed by atoms with Gasteiger partial charge in [0, 0.05) is 45.2 Å². The van der Waals surface area contributed by atoms with Crippen LogP contribution in [0.4, 0.5) is 0 Å². The summed E-state index contributed by atoms with van der Waals surface area (Å²) in [5.74, 6) is 0. The third kappa shape index (κ3) is 4.16. The van der Waals surface area contributed by atoms with E-state index in [4.69, 9.17) is 9.72 Å². The van der Waals surface area contributed by atoms with Crippen LogP contribution < -0.4 is 5.32 Å². The minimum Gasteiger partial charge on any atom is -0.375 e. The molecule has 5 heteroatoms. The van der Waals surface area contributed by atoms with Gasteiger partial charge in [0.25, 0.3) is 0 Å². The molecule has 1 N–H and O–H groups in total. The minimum absolute atomic E-state index is 0.102. The molecule has 0 amide bonds. The molecule has 2 aromatic heterocycles. The topological polar surface area (TPSA) is 34.2 Å². The highest BCUT2D eigenvalue weighted by atomic mass is 79.9. The van der Waals surface area contributed by atoms with Crippen LogP contribution in [0.25, 0.3) is 0 Å². The molecule has 0 unspecified atom stereocenters. The van der Waals surface area contributed by atoms with Crippen LogP contribution in [-0.2, 0) is 16.7 Å². The summed E-state index contributed by atoms with van der Waals surface area (Å²) in [5.41, 5.74) is 2.87. The summed E-state index contributed by atoms with van der Waals surface area (Å²) in [6.07, 6.45) is 10.3. The molecule has 1 saturated heterocycles. The minimum atomic E-state index is 0.102. The molecule has 146 valence electrons. The van der Waals surface area contributed by atoms with Crippen LogP contribution in [0.2, 0.25) is 0 Å². The van der Waals surface area contributed by atoms with E-state index >= 15 is 0 Å². The first-order valence-corrected chi connectivity index (χ1v) is 11.8. The summed E-state index contributed by atoms with van der Waals surface area (Å²) in [6, 6.07) is 6.40. The molecule has 0 aromatic carbocycles. The van der Waals surface area contributed by atoms with Gasteiger partial charge in [-0.25, -0.2) is 0 Å². The highest BCUT2D eigenvalue weighted by Crippen LogP contribution is 2.49. The number of ether oxygens (including phenoxy) is 1. The number of nitrogens with one attached hydrogen (secondary N) is 1. The largest absolute Gasteiger partial charge is 0.375 e. The number of thiophene rings is 1. The number of nitrogens with zero attached hydrogens (tertiary/aromatic N) is 1. The Morgan fingerprint density at radius 3 is 2.81 bits per heavy atom. The van der Waals surface area contributed by atoms with Crippen LogP contribution in [0.5, 0.6) is 0 Å². The van der Waals surface area contributed by atoms with Crippen LogP contribution in [-0.4, -0.2) is 23.7 Å². The van der Waals surface area contributed by atoms with Crippen LogP contribution in [0.15, 0.2) is 34.2 Å². The zero-order valence-corrected chi connectivity index (χ0v) is 18.5. The number of pyridine rings is 1. The first-order valence-electron chi connectivity index (χ1n) is 10.1. The third-order valence-corrected chi connectivity index (χ3v) is 8.73. The number of halogens is 1. The smallest absolute Gasteiger partial charge is 0.0691 e. The summed E-state index contributed by atoms with van der Waals surface area (Å²) >= 11 is 5.45. The van der Waals surface area contributed by atoms with E-state index in [1.807, 2.05) is 23.6 Å². The third-order valence-electron chi connectivity index (χ3n) is 6.52. The van der Waals surface area contributed by atoms with Gasteiger partial charge in [0.15, 0.2) is 0 Å². The van der Waals surface area contributed by atoms with Gasteiger partial charge >= 0.3 is 0 Å². The Morgan fingerprint density at radius 1 is 1.26 bits per heavy atom.